The number of hydrogen-bond acceptors (Lipinski definition) is 4. The number of likely N-dealkylation sites (tertiary alicyclic amines) is 1. The zero-order valence-corrected chi connectivity index (χ0v) is 21.6. The van der Waals surface area contributed by atoms with Gasteiger partial charge in [0.15, 0.2) is 0 Å². The van der Waals surface area contributed by atoms with Crippen LogP contribution < -0.4 is 5.56 Å². The van der Waals surface area contributed by atoms with Crippen molar-refractivity contribution in [1.82, 2.24) is 24.5 Å². The molecule has 0 spiro atoms. The summed E-state index contributed by atoms with van der Waals surface area (Å²) in [6.45, 7) is 5.54. The average molecular weight is 496 g/mol. The second-order valence-corrected chi connectivity index (χ2v) is 10.7. The lowest BCUT2D eigenvalue weighted by molar-refractivity contribution is -0.133. The molecule has 4 aromatic rings. The Morgan fingerprint density at radius 2 is 1.73 bits per heavy atom. The van der Waals surface area contributed by atoms with Crippen molar-refractivity contribution in [2.45, 2.75) is 58.4 Å². The highest BCUT2D eigenvalue weighted by Gasteiger charge is 2.31. The molecular weight excluding hydrogens is 462 g/mol. The van der Waals surface area contributed by atoms with Gasteiger partial charge < -0.3 is 4.90 Å². The third-order valence-corrected chi connectivity index (χ3v) is 8.03. The van der Waals surface area contributed by atoms with Crippen molar-refractivity contribution < 1.29 is 4.79 Å². The van der Waals surface area contributed by atoms with Gasteiger partial charge in [-0.15, -0.1) is 0 Å². The van der Waals surface area contributed by atoms with E-state index >= 15 is 0 Å². The number of piperidine rings is 1. The molecule has 0 N–H and O–H groups in total. The fraction of sp³-hybridized carbons (Fsp3) is 0.400. The summed E-state index contributed by atoms with van der Waals surface area (Å²) in [5, 5.41) is 10.1. The maximum Gasteiger partial charge on any atom is 0.293 e. The van der Waals surface area contributed by atoms with Crippen LogP contribution in [0.25, 0.3) is 16.6 Å². The molecule has 1 aliphatic carbocycles. The van der Waals surface area contributed by atoms with Crippen molar-refractivity contribution in [3.8, 4) is 5.69 Å². The Morgan fingerprint density at radius 1 is 0.973 bits per heavy atom. The fourth-order valence-electron chi connectivity index (χ4n) is 5.47. The van der Waals surface area contributed by atoms with Gasteiger partial charge in [-0.2, -0.15) is 10.2 Å². The number of amides is 1. The molecule has 1 amide bonds. The van der Waals surface area contributed by atoms with Gasteiger partial charge in [0, 0.05) is 24.4 Å². The Hall–Kier alpha value is -3.74. The molecule has 0 radical (unpaired) electrons. The van der Waals surface area contributed by atoms with Gasteiger partial charge in [-0.1, -0.05) is 36.4 Å². The first-order valence-electron chi connectivity index (χ1n) is 13.4. The first-order valence-corrected chi connectivity index (χ1v) is 13.4. The zero-order chi connectivity index (χ0) is 25.5. The first kappa shape index (κ1) is 23.6. The van der Waals surface area contributed by atoms with Crippen LogP contribution in [0, 0.1) is 19.8 Å². The van der Waals surface area contributed by atoms with E-state index in [2.05, 4.69) is 43.2 Å². The molecule has 2 aromatic heterocycles. The van der Waals surface area contributed by atoms with Gasteiger partial charge in [0.1, 0.15) is 12.1 Å². The third-order valence-electron chi connectivity index (χ3n) is 8.03. The lowest BCUT2D eigenvalue weighted by Crippen LogP contribution is -2.42. The Kier molecular flexibility index (Phi) is 6.14. The van der Waals surface area contributed by atoms with E-state index in [0.717, 1.165) is 67.5 Å². The molecule has 7 heteroatoms. The molecule has 6 rings (SSSR count). The topological polar surface area (TPSA) is 73.0 Å². The van der Waals surface area contributed by atoms with Crippen molar-refractivity contribution in [1.29, 1.82) is 0 Å². The maximum atomic E-state index is 13.7. The van der Waals surface area contributed by atoms with Gasteiger partial charge in [0.05, 0.1) is 17.6 Å². The Morgan fingerprint density at radius 3 is 2.43 bits per heavy atom. The summed E-state index contributed by atoms with van der Waals surface area (Å²) in [7, 11) is 0. The van der Waals surface area contributed by atoms with Gasteiger partial charge in [-0.05, 0) is 80.7 Å². The van der Waals surface area contributed by atoms with Crippen molar-refractivity contribution in [2.24, 2.45) is 5.92 Å². The fourth-order valence-corrected chi connectivity index (χ4v) is 5.47. The summed E-state index contributed by atoms with van der Waals surface area (Å²) in [6.07, 6.45) is 6.88. The second kappa shape index (κ2) is 9.61. The largest absolute Gasteiger partial charge is 0.341 e. The molecule has 1 saturated heterocycles. The van der Waals surface area contributed by atoms with Gasteiger partial charge in [0.25, 0.3) is 5.56 Å². The average Bonchev–Trinajstić information content (AvgIpc) is 3.66. The van der Waals surface area contributed by atoms with Crippen LogP contribution in [0.4, 0.5) is 0 Å². The van der Waals surface area contributed by atoms with E-state index in [0.29, 0.717) is 17.4 Å². The molecule has 2 aliphatic rings. The monoisotopic (exact) mass is 495 g/mol. The van der Waals surface area contributed by atoms with Crippen LogP contribution in [0.1, 0.15) is 54.0 Å². The third kappa shape index (κ3) is 4.70. The predicted molar refractivity (Wildman–Crippen MR) is 144 cm³/mol. The van der Waals surface area contributed by atoms with E-state index < -0.39 is 0 Å². The van der Waals surface area contributed by atoms with Crippen LogP contribution in [-0.2, 0) is 17.8 Å². The van der Waals surface area contributed by atoms with Crippen molar-refractivity contribution in [3.63, 3.8) is 0 Å². The van der Waals surface area contributed by atoms with E-state index in [-0.39, 0.29) is 18.0 Å². The van der Waals surface area contributed by atoms with E-state index in [1.807, 2.05) is 29.2 Å². The maximum absolute atomic E-state index is 13.7. The molecule has 1 saturated carbocycles. The Labute approximate surface area is 216 Å². The van der Waals surface area contributed by atoms with Crippen molar-refractivity contribution in [2.75, 3.05) is 13.1 Å². The first-order chi connectivity index (χ1) is 18.0. The highest BCUT2D eigenvalue weighted by Crippen LogP contribution is 2.41. The number of rotatable bonds is 6. The molecule has 0 atom stereocenters. The quantitative estimate of drug-likeness (QED) is 0.393. The highest BCUT2D eigenvalue weighted by atomic mass is 16.2. The van der Waals surface area contributed by atoms with Crippen LogP contribution in [0.5, 0.6) is 0 Å². The Bertz CT molecular complexity index is 1510. The second-order valence-electron chi connectivity index (χ2n) is 10.7. The van der Waals surface area contributed by atoms with Crippen LogP contribution in [0.3, 0.4) is 0 Å². The zero-order valence-electron chi connectivity index (χ0n) is 21.6. The molecule has 7 nitrogen and oxygen atoms in total. The summed E-state index contributed by atoms with van der Waals surface area (Å²) in [5.74, 6) is 0.874. The highest BCUT2D eigenvalue weighted by molar-refractivity contribution is 5.83. The van der Waals surface area contributed by atoms with E-state index in [1.54, 1.807) is 10.9 Å². The number of carbonyl (C=O) groups excluding carboxylic acids is 1. The number of aromatic nitrogens is 4. The molecule has 3 heterocycles. The minimum atomic E-state index is -0.262. The summed E-state index contributed by atoms with van der Waals surface area (Å²) in [5.41, 5.74) is 5.67. The molecular formula is C30H33N5O2. The van der Waals surface area contributed by atoms with Crippen LogP contribution in [-0.4, -0.2) is 43.5 Å². The molecule has 0 bridgehead atoms. The van der Waals surface area contributed by atoms with E-state index in [9.17, 15) is 9.59 Å². The lowest BCUT2D eigenvalue weighted by atomic mass is 9.90. The summed E-state index contributed by atoms with van der Waals surface area (Å²) >= 11 is 0. The van der Waals surface area contributed by atoms with Crippen molar-refractivity contribution in [3.05, 3.63) is 87.5 Å². The van der Waals surface area contributed by atoms with E-state index in [4.69, 9.17) is 5.10 Å². The standard InChI is InChI=1S/C30H33N5O2/c1-20-8-11-25(16-21(20)2)35-29-26(18-31-35)28(24-9-10-24)32-34(30(29)37)19-27(36)33-14-12-23(13-15-33)17-22-6-4-3-5-7-22/h3-8,11,16,18,23-24H,9-10,12-15,17,19H2,1-2H3. The summed E-state index contributed by atoms with van der Waals surface area (Å²) in [4.78, 5) is 28.9. The number of hydrogen-bond donors (Lipinski definition) is 0. The van der Waals surface area contributed by atoms with Gasteiger partial charge in [-0.3, -0.25) is 9.59 Å². The molecule has 190 valence electrons. The minimum Gasteiger partial charge on any atom is -0.341 e. The number of aryl methyl sites for hydroxylation is 2. The van der Waals surface area contributed by atoms with Crippen LogP contribution >= 0.6 is 0 Å². The van der Waals surface area contributed by atoms with Gasteiger partial charge >= 0.3 is 0 Å². The number of fused-ring (bicyclic) bond motifs is 1. The molecule has 2 fully saturated rings. The SMILES string of the molecule is Cc1ccc(-n2ncc3c(C4CC4)nn(CC(=O)N4CCC(Cc5ccccc5)CC4)c(=O)c32)cc1C. The lowest BCUT2D eigenvalue weighted by Gasteiger charge is -2.32. The van der Waals surface area contributed by atoms with Gasteiger partial charge in [-0.25, -0.2) is 9.36 Å². The normalized spacial score (nSPS) is 16.4. The molecule has 0 unspecified atom stereocenters. The summed E-state index contributed by atoms with van der Waals surface area (Å²) in [6, 6.07) is 16.6. The van der Waals surface area contributed by atoms with Gasteiger partial charge in [0.2, 0.25) is 5.91 Å². The smallest absolute Gasteiger partial charge is 0.293 e. The van der Waals surface area contributed by atoms with Crippen LogP contribution in [0.15, 0.2) is 59.5 Å². The van der Waals surface area contributed by atoms with E-state index in [1.165, 1.54) is 15.8 Å². The minimum absolute atomic E-state index is 0.0318. The van der Waals surface area contributed by atoms with Crippen LogP contribution in [0.2, 0.25) is 0 Å². The summed E-state index contributed by atoms with van der Waals surface area (Å²) < 4.78 is 3.10. The Balaban J connectivity index is 1.25. The number of nitrogens with zero attached hydrogens (tertiary/aromatic N) is 5. The molecule has 2 aromatic carbocycles. The molecule has 37 heavy (non-hydrogen) atoms. The number of carbonyl (C=O) groups is 1. The predicted octanol–water partition coefficient (Wildman–Crippen LogP) is 4.56. The number of benzene rings is 2. The van der Waals surface area contributed by atoms with Crippen molar-refractivity contribution >= 4 is 16.8 Å². The molecule has 1 aliphatic heterocycles.